The van der Waals surface area contributed by atoms with E-state index in [9.17, 15) is 13.2 Å². The van der Waals surface area contributed by atoms with E-state index in [1.54, 1.807) is 12.3 Å². The predicted octanol–water partition coefficient (Wildman–Crippen LogP) is 2.43. The SMILES string of the molecule is Nc1cc2c(Cn3c(=O)oc4cc(S(=O)(=O)Nc5ncns5)ccc43)cccc2cn1. The van der Waals surface area contributed by atoms with Gasteiger partial charge in [0.25, 0.3) is 10.0 Å². The molecule has 0 aliphatic heterocycles. The first-order chi connectivity index (χ1) is 14.9. The highest BCUT2D eigenvalue weighted by molar-refractivity contribution is 7.93. The van der Waals surface area contributed by atoms with Gasteiger partial charge in [0.15, 0.2) is 5.58 Å². The van der Waals surface area contributed by atoms with Crippen LogP contribution in [0.1, 0.15) is 5.56 Å². The third-order valence-electron chi connectivity index (χ3n) is 4.74. The molecule has 0 saturated carbocycles. The lowest BCUT2D eigenvalue weighted by molar-refractivity contribution is 0.517. The van der Waals surface area contributed by atoms with Crippen molar-refractivity contribution in [3.63, 3.8) is 0 Å². The van der Waals surface area contributed by atoms with Crippen LogP contribution >= 0.6 is 11.5 Å². The zero-order valence-electron chi connectivity index (χ0n) is 15.7. The summed E-state index contributed by atoms with van der Waals surface area (Å²) in [5, 5.41) is 1.91. The number of pyridine rings is 1. The van der Waals surface area contributed by atoms with Crippen LogP contribution < -0.4 is 16.2 Å². The fourth-order valence-electron chi connectivity index (χ4n) is 3.31. The predicted molar refractivity (Wildman–Crippen MR) is 116 cm³/mol. The normalized spacial score (nSPS) is 11.9. The zero-order valence-corrected chi connectivity index (χ0v) is 17.4. The number of nitrogens with one attached hydrogen (secondary N) is 1. The van der Waals surface area contributed by atoms with E-state index in [1.807, 2.05) is 18.2 Å². The number of oxazole rings is 1. The third-order valence-corrected chi connectivity index (χ3v) is 6.78. The van der Waals surface area contributed by atoms with Crippen LogP contribution in [0.25, 0.3) is 21.9 Å². The molecule has 156 valence electrons. The molecule has 5 rings (SSSR count). The van der Waals surface area contributed by atoms with Gasteiger partial charge in [-0.3, -0.25) is 9.29 Å². The molecule has 5 aromatic rings. The van der Waals surface area contributed by atoms with E-state index in [1.165, 1.54) is 29.1 Å². The minimum absolute atomic E-state index is 0.0555. The summed E-state index contributed by atoms with van der Waals surface area (Å²) in [4.78, 5) is 20.4. The Labute approximate surface area is 179 Å². The maximum atomic E-state index is 12.6. The molecule has 10 nitrogen and oxygen atoms in total. The Kier molecular flexibility index (Phi) is 4.45. The van der Waals surface area contributed by atoms with Gasteiger partial charge in [-0.2, -0.15) is 4.37 Å². The van der Waals surface area contributed by atoms with Crippen molar-refractivity contribution in [1.29, 1.82) is 0 Å². The summed E-state index contributed by atoms with van der Waals surface area (Å²) in [7, 11) is -3.90. The maximum Gasteiger partial charge on any atom is 0.420 e. The highest BCUT2D eigenvalue weighted by Crippen LogP contribution is 2.24. The first-order valence-corrected chi connectivity index (χ1v) is 11.2. The number of rotatable bonds is 5. The minimum atomic E-state index is -3.90. The first kappa shape index (κ1) is 19.2. The van der Waals surface area contributed by atoms with Crippen molar-refractivity contribution in [2.24, 2.45) is 0 Å². The molecule has 0 spiro atoms. The van der Waals surface area contributed by atoms with E-state index in [0.29, 0.717) is 11.3 Å². The summed E-state index contributed by atoms with van der Waals surface area (Å²) >= 11 is 0.915. The van der Waals surface area contributed by atoms with Gasteiger partial charge >= 0.3 is 5.76 Å². The molecular formula is C19H14N6O4S2. The van der Waals surface area contributed by atoms with Crippen molar-refractivity contribution >= 4 is 54.4 Å². The second-order valence-corrected chi connectivity index (χ2v) is 9.15. The average molecular weight is 454 g/mol. The van der Waals surface area contributed by atoms with Gasteiger partial charge in [0.1, 0.15) is 12.1 Å². The van der Waals surface area contributed by atoms with Crippen molar-refractivity contribution in [2.75, 3.05) is 10.5 Å². The Morgan fingerprint density at radius 1 is 1.16 bits per heavy atom. The van der Waals surface area contributed by atoms with Crippen molar-refractivity contribution in [2.45, 2.75) is 11.4 Å². The number of aromatic nitrogens is 4. The minimum Gasteiger partial charge on any atom is -0.408 e. The Balaban J connectivity index is 1.55. The average Bonchev–Trinajstić information content (AvgIpc) is 3.35. The van der Waals surface area contributed by atoms with Gasteiger partial charge in [-0.1, -0.05) is 18.2 Å². The fourth-order valence-corrected chi connectivity index (χ4v) is 4.99. The summed E-state index contributed by atoms with van der Waals surface area (Å²) in [6, 6.07) is 11.7. The highest BCUT2D eigenvalue weighted by Gasteiger charge is 2.19. The monoisotopic (exact) mass is 454 g/mol. The molecule has 0 unspecified atom stereocenters. The molecule has 0 aliphatic carbocycles. The number of hydrogen-bond acceptors (Lipinski definition) is 9. The molecule has 12 heteroatoms. The zero-order chi connectivity index (χ0) is 21.6. The lowest BCUT2D eigenvalue weighted by Gasteiger charge is -2.08. The maximum absolute atomic E-state index is 12.6. The number of nitrogens with zero attached hydrogens (tertiary/aromatic N) is 4. The van der Waals surface area contributed by atoms with Gasteiger partial charge in [-0.25, -0.2) is 23.2 Å². The Morgan fingerprint density at radius 2 is 2.03 bits per heavy atom. The van der Waals surface area contributed by atoms with E-state index in [4.69, 9.17) is 10.2 Å². The third kappa shape index (κ3) is 3.51. The van der Waals surface area contributed by atoms with Crippen molar-refractivity contribution < 1.29 is 12.8 Å². The Morgan fingerprint density at radius 3 is 2.84 bits per heavy atom. The van der Waals surface area contributed by atoms with Gasteiger partial charge in [-0.15, -0.1) is 0 Å². The van der Waals surface area contributed by atoms with Crippen molar-refractivity contribution in [3.8, 4) is 0 Å². The Hall–Kier alpha value is -3.77. The van der Waals surface area contributed by atoms with Gasteiger partial charge < -0.3 is 10.2 Å². The number of nitrogen functional groups attached to an aromatic ring is 1. The summed E-state index contributed by atoms with van der Waals surface area (Å²) in [5.41, 5.74) is 7.31. The second kappa shape index (κ2) is 7.18. The van der Waals surface area contributed by atoms with E-state index < -0.39 is 15.8 Å². The van der Waals surface area contributed by atoms with Crippen LogP contribution in [-0.4, -0.2) is 27.3 Å². The number of sulfonamides is 1. The van der Waals surface area contributed by atoms with Crippen LogP contribution in [0.5, 0.6) is 0 Å². The summed E-state index contributed by atoms with van der Waals surface area (Å²) < 4.78 is 38.0. The molecule has 2 aromatic carbocycles. The van der Waals surface area contributed by atoms with Gasteiger partial charge in [0.2, 0.25) is 5.13 Å². The van der Waals surface area contributed by atoms with Gasteiger partial charge in [0.05, 0.1) is 17.0 Å². The van der Waals surface area contributed by atoms with Crippen LogP contribution in [0.4, 0.5) is 10.9 Å². The smallest absolute Gasteiger partial charge is 0.408 e. The highest BCUT2D eigenvalue weighted by atomic mass is 32.2. The lowest BCUT2D eigenvalue weighted by Crippen LogP contribution is -2.15. The topological polar surface area (TPSA) is 146 Å². The summed E-state index contributed by atoms with van der Waals surface area (Å²) in [6.07, 6.45) is 2.92. The molecule has 3 aromatic heterocycles. The second-order valence-electron chi connectivity index (χ2n) is 6.68. The standard InChI is InChI=1S/C19H14N6O4S2/c20-17-7-14-11(8-21-17)2-1-3-12(14)9-25-15-5-4-13(6-16(15)29-19(25)26)31(27,28)24-18-22-10-23-30-18/h1-8,10H,9H2,(H2,20,21)(H,22,23,24). The van der Waals surface area contributed by atoms with E-state index in [0.717, 1.165) is 27.9 Å². The number of fused-ring (bicyclic) bond motifs is 2. The number of benzene rings is 2. The molecule has 0 fully saturated rings. The molecule has 0 saturated heterocycles. The fraction of sp³-hybridized carbons (Fsp3) is 0.0526. The van der Waals surface area contributed by atoms with Crippen molar-refractivity contribution in [1.82, 2.24) is 18.9 Å². The quantitative estimate of drug-likeness (QED) is 0.412. The van der Waals surface area contributed by atoms with Gasteiger partial charge in [-0.05, 0) is 29.1 Å². The van der Waals surface area contributed by atoms with Crippen LogP contribution in [-0.2, 0) is 16.6 Å². The molecule has 0 aliphatic rings. The number of anilines is 2. The Bertz CT molecular complexity index is 1590. The van der Waals surface area contributed by atoms with Crippen molar-refractivity contribution in [3.05, 3.63) is 71.1 Å². The summed E-state index contributed by atoms with van der Waals surface area (Å²) in [5.74, 6) is -0.220. The van der Waals surface area contributed by atoms with E-state index >= 15 is 0 Å². The first-order valence-electron chi connectivity index (χ1n) is 8.97. The van der Waals surface area contributed by atoms with Crippen LogP contribution in [0.15, 0.2) is 69.1 Å². The van der Waals surface area contributed by atoms with Crippen LogP contribution in [0.2, 0.25) is 0 Å². The number of hydrogen-bond donors (Lipinski definition) is 2. The molecular weight excluding hydrogens is 440 g/mol. The van der Waals surface area contributed by atoms with E-state index in [2.05, 4.69) is 19.1 Å². The molecule has 3 N–H and O–H groups in total. The van der Waals surface area contributed by atoms with Gasteiger partial charge in [0, 0.05) is 29.2 Å². The largest absolute Gasteiger partial charge is 0.420 e. The molecule has 0 atom stereocenters. The van der Waals surface area contributed by atoms with Crippen LogP contribution in [0.3, 0.4) is 0 Å². The molecule has 0 radical (unpaired) electrons. The molecule has 31 heavy (non-hydrogen) atoms. The molecule has 0 amide bonds. The summed E-state index contributed by atoms with van der Waals surface area (Å²) in [6.45, 7) is 0.224. The van der Waals surface area contributed by atoms with Crippen LogP contribution in [0, 0.1) is 0 Å². The lowest BCUT2D eigenvalue weighted by atomic mass is 10.1. The molecule has 0 bridgehead atoms. The molecule has 3 heterocycles. The van der Waals surface area contributed by atoms with E-state index in [-0.39, 0.29) is 22.2 Å². The number of nitrogens with two attached hydrogens (primary N) is 1.